The van der Waals surface area contributed by atoms with Gasteiger partial charge in [-0.2, -0.15) is 5.10 Å². The fourth-order valence-electron chi connectivity index (χ4n) is 2.16. The van der Waals surface area contributed by atoms with E-state index in [1.807, 2.05) is 24.3 Å². The summed E-state index contributed by atoms with van der Waals surface area (Å²) in [5.74, 6) is 0.409. The number of anilines is 1. The molecule has 2 aromatic carbocycles. The van der Waals surface area contributed by atoms with E-state index in [4.69, 9.17) is 10.5 Å². The van der Waals surface area contributed by atoms with E-state index in [1.165, 1.54) is 12.1 Å². The summed E-state index contributed by atoms with van der Waals surface area (Å²) in [6.07, 6.45) is 1.72. The normalized spacial score (nSPS) is 10.6. The second kappa shape index (κ2) is 5.28. The van der Waals surface area contributed by atoms with Crippen LogP contribution in [0.4, 0.5) is 10.1 Å². The third-order valence-electron chi connectivity index (χ3n) is 3.19. The summed E-state index contributed by atoms with van der Waals surface area (Å²) >= 11 is 0. The van der Waals surface area contributed by atoms with Gasteiger partial charge in [0.25, 0.3) is 0 Å². The molecule has 5 heteroatoms. The van der Waals surface area contributed by atoms with Crippen molar-refractivity contribution in [1.82, 2.24) is 9.78 Å². The van der Waals surface area contributed by atoms with Crippen LogP contribution in [0.25, 0.3) is 16.9 Å². The summed E-state index contributed by atoms with van der Waals surface area (Å²) in [6.45, 7) is 0. The Bertz CT molecular complexity index is 765. The fourth-order valence-corrected chi connectivity index (χ4v) is 2.16. The molecule has 0 aliphatic carbocycles. The summed E-state index contributed by atoms with van der Waals surface area (Å²) in [7, 11) is 1.60. The molecule has 1 aromatic heterocycles. The third kappa shape index (κ3) is 2.45. The lowest BCUT2D eigenvalue weighted by molar-refractivity contribution is 0.412. The zero-order valence-electron chi connectivity index (χ0n) is 11.5. The molecule has 1 heterocycles. The Hall–Kier alpha value is -2.82. The maximum atomic E-state index is 13.0. The molecule has 0 spiro atoms. The zero-order chi connectivity index (χ0) is 14.8. The molecule has 0 amide bonds. The number of benzene rings is 2. The molecule has 0 saturated carbocycles. The number of nitrogens with zero attached hydrogens (tertiary/aromatic N) is 2. The van der Waals surface area contributed by atoms with Gasteiger partial charge in [-0.15, -0.1) is 0 Å². The van der Waals surface area contributed by atoms with Gasteiger partial charge >= 0.3 is 0 Å². The Morgan fingerprint density at radius 1 is 1.10 bits per heavy atom. The smallest absolute Gasteiger partial charge is 0.144 e. The van der Waals surface area contributed by atoms with Crippen molar-refractivity contribution in [3.8, 4) is 22.7 Å². The SMILES string of the molecule is COc1ccccc1-n1cc(N)c(-c2ccc(F)cc2)n1. The van der Waals surface area contributed by atoms with Gasteiger partial charge in [0.15, 0.2) is 0 Å². The molecular weight excluding hydrogens is 269 g/mol. The first-order valence-electron chi connectivity index (χ1n) is 6.43. The van der Waals surface area contributed by atoms with Crippen LogP contribution in [0, 0.1) is 5.82 Å². The standard InChI is InChI=1S/C16H14FN3O/c1-21-15-5-3-2-4-14(15)20-10-13(18)16(19-20)11-6-8-12(17)9-7-11/h2-10H,18H2,1H3. The summed E-state index contributed by atoms with van der Waals surface area (Å²) in [5.41, 5.74) is 8.71. The highest BCUT2D eigenvalue weighted by Crippen LogP contribution is 2.28. The van der Waals surface area contributed by atoms with Crippen LogP contribution in [0.15, 0.2) is 54.7 Å². The number of ether oxygens (including phenoxy) is 1. The predicted octanol–water partition coefficient (Wildman–Crippen LogP) is 3.27. The molecule has 106 valence electrons. The second-order valence-electron chi connectivity index (χ2n) is 4.56. The molecule has 0 fully saturated rings. The molecular formula is C16H14FN3O. The predicted molar refractivity (Wildman–Crippen MR) is 79.9 cm³/mol. The van der Waals surface area contributed by atoms with Gasteiger partial charge in [-0.25, -0.2) is 9.07 Å². The summed E-state index contributed by atoms with van der Waals surface area (Å²) in [6, 6.07) is 13.6. The summed E-state index contributed by atoms with van der Waals surface area (Å²) in [4.78, 5) is 0. The monoisotopic (exact) mass is 283 g/mol. The lowest BCUT2D eigenvalue weighted by Gasteiger charge is -2.07. The zero-order valence-corrected chi connectivity index (χ0v) is 11.5. The van der Waals surface area contributed by atoms with E-state index < -0.39 is 0 Å². The van der Waals surface area contributed by atoms with Crippen LogP contribution < -0.4 is 10.5 Å². The average molecular weight is 283 g/mol. The van der Waals surface area contributed by atoms with Crippen molar-refractivity contribution in [2.75, 3.05) is 12.8 Å². The molecule has 3 rings (SSSR count). The molecule has 3 aromatic rings. The van der Waals surface area contributed by atoms with E-state index in [9.17, 15) is 4.39 Å². The number of rotatable bonds is 3. The molecule has 0 radical (unpaired) electrons. The Balaban J connectivity index is 2.07. The van der Waals surface area contributed by atoms with Crippen molar-refractivity contribution >= 4 is 5.69 Å². The third-order valence-corrected chi connectivity index (χ3v) is 3.19. The molecule has 4 nitrogen and oxygen atoms in total. The van der Waals surface area contributed by atoms with Crippen LogP contribution >= 0.6 is 0 Å². The van der Waals surface area contributed by atoms with Gasteiger partial charge in [0.2, 0.25) is 0 Å². The van der Waals surface area contributed by atoms with Crippen molar-refractivity contribution < 1.29 is 9.13 Å². The highest BCUT2D eigenvalue weighted by molar-refractivity contribution is 5.72. The molecule has 21 heavy (non-hydrogen) atoms. The van der Waals surface area contributed by atoms with Gasteiger partial charge in [-0.05, 0) is 36.4 Å². The maximum Gasteiger partial charge on any atom is 0.144 e. The van der Waals surface area contributed by atoms with Crippen LogP contribution in [-0.2, 0) is 0 Å². The minimum atomic E-state index is -0.290. The molecule has 0 atom stereocenters. The van der Waals surface area contributed by atoms with Gasteiger partial charge in [-0.1, -0.05) is 12.1 Å². The van der Waals surface area contributed by atoms with Crippen LogP contribution in [0.1, 0.15) is 0 Å². The first kappa shape index (κ1) is 13.2. The quantitative estimate of drug-likeness (QED) is 0.802. The van der Waals surface area contributed by atoms with E-state index in [-0.39, 0.29) is 5.82 Å². The number of aromatic nitrogens is 2. The summed E-state index contributed by atoms with van der Waals surface area (Å²) in [5, 5.41) is 4.48. The Labute approximate surface area is 121 Å². The van der Waals surface area contributed by atoms with Crippen LogP contribution in [0.5, 0.6) is 5.75 Å². The number of methoxy groups -OCH3 is 1. The van der Waals surface area contributed by atoms with Crippen LogP contribution in [0.2, 0.25) is 0 Å². The first-order valence-corrected chi connectivity index (χ1v) is 6.43. The van der Waals surface area contributed by atoms with E-state index in [1.54, 1.807) is 30.1 Å². The maximum absolute atomic E-state index is 13.0. The first-order chi connectivity index (χ1) is 10.2. The topological polar surface area (TPSA) is 53.1 Å². The van der Waals surface area contributed by atoms with E-state index in [0.29, 0.717) is 17.1 Å². The van der Waals surface area contributed by atoms with Crippen LogP contribution in [0.3, 0.4) is 0 Å². The minimum absolute atomic E-state index is 0.290. The van der Waals surface area contributed by atoms with Crippen molar-refractivity contribution in [3.05, 3.63) is 60.5 Å². The van der Waals surface area contributed by atoms with Gasteiger partial charge in [0.05, 0.1) is 19.0 Å². The molecule has 0 aliphatic rings. The van der Waals surface area contributed by atoms with Gasteiger partial charge < -0.3 is 10.5 Å². The Kier molecular flexibility index (Phi) is 3.31. The molecule has 0 aliphatic heterocycles. The Morgan fingerprint density at radius 2 is 1.81 bits per heavy atom. The van der Waals surface area contributed by atoms with E-state index in [2.05, 4.69) is 5.10 Å². The van der Waals surface area contributed by atoms with Crippen LogP contribution in [-0.4, -0.2) is 16.9 Å². The lowest BCUT2D eigenvalue weighted by Crippen LogP contribution is -1.98. The molecule has 0 unspecified atom stereocenters. The number of para-hydroxylation sites is 2. The Morgan fingerprint density at radius 3 is 2.52 bits per heavy atom. The summed E-state index contributed by atoms with van der Waals surface area (Å²) < 4.78 is 20.0. The highest BCUT2D eigenvalue weighted by atomic mass is 19.1. The van der Waals surface area contributed by atoms with E-state index >= 15 is 0 Å². The number of nitrogens with two attached hydrogens (primary N) is 1. The van der Waals surface area contributed by atoms with Crippen molar-refractivity contribution in [1.29, 1.82) is 0 Å². The van der Waals surface area contributed by atoms with Crippen molar-refractivity contribution in [3.63, 3.8) is 0 Å². The molecule has 0 bridgehead atoms. The number of hydrogen-bond acceptors (Lipinski definition) is 3. The fraction of sp³-hybridized carbons (Fsp3) is 0.0625. The van der Waals surface area contributed by atoms with Gasteiger partial charge in [0, 0.05) is 5.56 Å². The van der Waals surface area contributed by atoms with Crippen molar-refractivity contribution in [2.45, 2.75) is 0 Å². The molecule has 2 N–H and O–H groups in total. The average Bonchev–Trinajstić information content (AvgIpc) is 2.90. The van der Waals surface area contributed by atoms with Crippen molar-refractivity contribution in [2.24, 2.45) is 0 Å². The second-order valence-corrected chi connectivity index (χ2v) is 4.56. The van der Waals surface area contributed by atoms with E-state index in [0.717, 1.165) is 11.3 Å². The highest BCUT2D eigenvalue weighted by Gasteiger charge is 2.12. The van der Waals surface area contributed by atoms with Gasteiger partial charge in [0.1, 0.15) is 22.9 Å². The number of hydrogen-bond donors (Lipinski definition) is 1. The number of nitrogen functional groups attached to an aromatic ring is 1. The molecule has 0 saturated heterocycles. The largest absolute Gasteiger partial charge is 0.494 e. The minimum Gasteiger partial charge on any atom is -0.494 e. The lowest BCUT2D eigenvalue weighted by atomic mass is 10.1. The number of halogens is 1. The van der Waals surface area contributed by atoms with Gasteiger partial charge in [-0.3, -0.25) is 0 Å².